The minimum Gasteiger partial charge on any atom is -0.459 e. The lowest BCUT2D eigenvalue weighted by atomic mass is 10.1. The Bertz CT molecular complexity index is 505. The summed E-state index contributed by atoms with van der Waals surface area (Å²) in [7, 11) is 0. The minimum absolute atomic E-state index is 0.381. The van der Waals surface area contributed by atoms with Gasteiger partial charge in [0.1, 0.15) is 11.3 Å². The van der Waals surface area contributed by atoms with E-state index in [4.69, 9.17) is 33.4 Å². The summed E-state index contributed by atoms with van der Waals surface area (Å²) >= 11 is 12.0. The van der Waals surface area contributed by atoms with Crippen LogP contribution in [0.15, 0.2) is 16.5 Å². The van der Waals surface area contributed by atoms with Gasteiger partial charge in [-0.3, -0.25) is 0 Å². The molecule has 0 unspecified atom stereocenters. The Morgan fingerprint density at radius 1 is 1.33 bits per heavy atom. The lowest BCUT2D eigenvalue weighted by molar-refractivity contribution is 0.546. The maximum atomic E-state index is 6.13. The van der Waals surface area contributed by atoms with Crippen molar-refractivity contribution in [1.82, 2.24) is 0 Å². The van der Waals surface area contributed by atoms with Crippen LogP contribution in [0.4, 0.5) is 0 Å². The van der Waals surface area contributed by atoms with Crippen molar-refractivity contribution in [3.8, 4) is 0 Å². The highest BCUT2D eigenvalue weighted by atomic mass is 35.5. The molecule has 0 saturated carbocycles. The molecular formula is C11H11Cl2NO. The van der Waals surface area contributed by atoms with Gasteiger partial charge in [0.05, 0.1) is 11.6 Å². The number of fused-ring (bicyclic) bond motifs is 1. The van der Waals surface area contributed by atoms with E-state index in [2.05, 4.69) is 0 Å². The molecule has 2 N–H and O–H groups in total. The molecule has 2 nitrogen and oxygen atoms in total. The molecule has 0 aliphatic heterocycles. The van der Waals surface area contributed by atoms with E-state index in [0.717, 1.165) is 23.1 Å². The molecule has 0 aliphatic carbocycles. The predicted molar refractivity (Wildman–Crippen MR) is 63.5 cm³/mol. The summed E-state index contributed by atoms with van der Waals surface area (Å²) in [5, 5.41) is 2.13. The van der Waals surface area contributed by atoms with E-state index >= 15 is 0 Å². The van der Waals surface area contributed by atoms with Crippen LogP contribution < -0.4 is 5.73 Å². The predicted octanol–water partition coefficient (Wildman–Crippen LogP) is 3.76. The molecule has 0 fully saturated rings. The van der Waals surface area contributed by atoms with Crippen molar-refractivity contribution in [1.29, 1.82) is 0 Å². The summed E-state index contributed by atoms with van der Waals surface area (Å²) in [6.45, 7) is 2.43. The first kappa shape index (κ1) is 10.8. The second-order valence-corrected chi connectivity index (χ2v) is 4.17. The lowest BCUT2D eigenvalue weighted by Gasteiger charge is -1.98. The number of aryl methyl sites for hydroxylation is 1. The fraction of sp³-hybridized carbons (Fsp3) is 0.273. The van der Waals surface area contributed by atoms with Gasteiger partial charge in [-0.1, -0.05) is 30.1 Å². The molecule has 15 heavy (non-hydrogen) atoms. The Kier molecular flexibility index (Phi) is 2.91. The fourth-order valence-electron chi connectivity index (χ4n) is 1.80. The molecule has 0 saturated heterocycles. The maximum absolute atomic E-state index is 6.13. The number of hydrogen-bond donors (Lipinski definition) is 1. The zero-order valence-corrected chi connectivity index (χ0v) is 9.82. The van der Waals surface area contributed by atoms with Crippen molar-refractivity contribution in [2.45, 2.75) is 19.9 Å². The van der Waals surface area contributed by atoms with Crippen LogP contribution in [0.2, 0.25) is 10.0 Å². The molecule has 0 amide bonds. The maximum Gasteiger partial charge on any atom is 0.137 e. The third kappa shape index (κ3) is 1.73. The lowest BCUT2D eigenvalue weighted by Crippen LogP contribution is -1.97. The Morgan fingerprint density at radius 2 is 2.07 bits per heavy atom. The SMILES string of the molecule is CCc1c(CN)oc2cc(Cl)cc(Cl)c12. The second-order valence-electron chi connectivity index (χ2n) is 3.32. The van der Waals surface area contributed by atoms with E-state index in [0.29, 0.717) is 22.2 Å². The van der Waals surface area contributed by atoms with Crippen molar-refractivity contribution >= 4 is 34.2 Å². The number of hydrogen-bond acceptors (Lipinski definition) is 2. The van der Waals surface area contributed by atoms with E-state index in [9.17, 15) is 0 Å². The summed E-state index contributed by atoms with van der Waals surface area (Å²) in [4.78, 5) is 0. The molecule has 0 bridgehead atoms. The van der Waals surface area contributed by atoms with Gasteiger partial charge in [0.25, 0.3) is 0 Å². The molecule has 0 aliphatic rings. The van der Waals surface area contributed by atoms with Crippen molar-refractivity contribution in [3.63, 3.8) is 0 Å². The van der Waals surface area contributed by atoms with Gasteiger partial charge in [-0.2, -0.15) is 0 Å². The van der Waals surface area contributed by atoms with Gasteiger partial charge in [-0.15, -0.1) is 0 Å². The average Bonchev–Trinajstić information content (AvgIpc) is 2.55. The third-order valence-electron chi connectivity index (χ3n) is 2.43. The monoisotopic (exact) mass is 243 g/mol. The Hall–Kier alpha value is -0.700. The van der Waals surface area contributed by atoms with Gasteiger partial charge in [0, 0.05) is 22.0 Å². The summed E-state index contributed by atoms with van der Waals surface area (Å²) in [6.07, 6.45) is 0.848. The summed E-state index contributed by atoms with van der Waals surface area (Å²) in [5.74, 6) is 0.789. The normalized spacial score (nSPS) is 11.2. The smallest absolute Gasteiger partial charge is 0.137 e. The van der Waals surface area contributed by atoms with Gasteiger partial charge in [-0.05, 0) is 12.5 Å². The highest BCUT2D eigenvalue weighted by molar-refractivity contribution is 6.38. The molecule has 4 heteroatoms. The van der Waals surface area contributed by atoms with E-state index in [-0.39, 0.29) is 0 Å². The second kappa shape index (κ2) is 4.05. The van der Waals surface area contributed by atoms with Crippen LogP contribution in [-0.2, 0) is 13.0 Å². The zero-order chi connectivity index (χ0) is 11.0. The molecule has 1 aromatic carbocycles. The van der Waals surface area contributed by atoms with E-state index in [1.807, 2.05) is 6.92 Å². The van der Waals surface area contributed by atoms with Crippen molar-refractivity contribution in [2.75, 3.05) is 0 Å². The number of rotatable bonds is 2. The first-order chi connectivity index (χ1) is 7.17. The summed E-state index contributed by atoms with van der Waals surface area (Å²) in [6, 6.07) is 3.49. The Morgan fingerprint density at radius 3 is 2.67 bits per heavy atom. The van der Waals surface area contributed by atoms with Crippen LogP contribution >= 0.6 is 23.2 Å². The highest BCUT2D eigenvalue weighted by Crippen LogP contribution is 2.34. The van der Waals surface area contributed by atoms with Gasteiger partial charge < -0.3 is 10.2 Å². The average molecular weight is 244 g/mol. The molecule has 80 valence electrons. The standard InChI is InChI=1S/C11H11Cl2NO/c1-2-7-10(5-14)15-9-4-6(12)3-8(13)11(7)9/h3-4H,2,5,14H2,1H3. The molecule has 0 spiro atoms. The molecule has 2 aromatic rings. The van der Waals surface area contributed by atoms with Crippen molar-refractivity contribution in [2.24, 2.45) is 5.73 Å². The molecule has 0 atom stereocenters. The van der Waals surface area contributed by atoms with Crippen LogP contribution in [0, 0.1) is 0 Å². The Labute approximate surface area is 97.9 Å². The molecular weight excluding hydrogens is 233 g/mol. The van der Waals surface area contributed by atoms with Crippen LogP contribution in [0.3, 0.4) is 0 Å². The summed E-state index contributed by atoms with van der Waals surface area (Å²) < 4.78 is 5.61. The van der Waals surface area contributed by atoms with E-state index in [1.54, 1.807) is 12.1 Å². The van der Waals surface area contributed by atoms with Crippen molar-refractivity contribution < 1.29 is 4.42 Å². The zero-order valence-electron chi connectivity index (χ0n) is 8.31. The Balaban J connectivity index is 2.83. The highest BCUT2D eigenvalue weighted by Gasteiger charge is 2.14. The van der Waals surface area contributed by atoms with E-state index < -0.39 is 0 Å². The number of halogens is 2. The van der Waals surface area contributed by atoms with Crippen LogP contribution in [0.5, 0.6) is 0 Å². The number of benzene rings is 1. The van der Waals surface area contributed by atoms with Gasteiger partial charge in [-0.25, -0.2) is 0 Å². The first-order valence-electron chi connectivity index (χ1n) is 4.76. The van der Waals surface area contributed by atoms with Crippen LogP contribution in [0.1, 0.15) is 18.2 Å². The molecule has 0 radical (unpaired) electrons. The molecule has 1 aromatic heterocycles. The topological polar surface area (TPSA) is 39.2 Å². The summed E-state index contributed by atoms with van der Waals surface area (Å²) in [5.41, 5.74) is 7.40. The van der Waals surface area contributed by atoms with Crippen LogP contribution in [0.25, 0.3) is 11.0 Å². The van der Waals surface area contributed by atoms with Crippen molar-refractivity contribution in [3.05, 3.63) is 33.5 Å². The van der Waals surface area contributed by atoms with E-state index in [1.165, 1.54) is 0 Å². The molecule has 1 heterocycles. The van der Waals surface area contributed by atoms with Gasteiger partial charge in [0.15, 0.2) is 0 Å². The van der Waals surface area contributed by atoms with Gasteiger partial charge in [0.2, 0.25) is 0 Å². The molecule has 2 rings (SSSR count). The fourth-order valence-corrected chi connectivity index (χ4v) is 2.38. The quantitative estimate of drug-likeness (QED) is 0.873. The van der Waals surface area contributed by atoms with Crippen LogP contribution in [-0.4, -0.2) is 0 Å². The van der Waals surface area contributed by atoms with Gasteiger partial charge >= 0.3 is 0 Å². The largest absolute Gasteiger partial charge is 0.459 e. The number of furan rings is 1. The first-order valence-corrected chi connectivity index (χ1v) is 5.52. The minimum atomic E-state index is 0.381. The number of nitrogens with two attached hydrogens (primary N) is 1. The third-order valence-corrected chi connectivity index (χ3v) is 2.95.